The Bertz CT molecular complexity index is 277. The van der Waals surface area contributed by atoms with E-state index in [2.05, 4.69) is 23.3 Å². The van der Waals surface area contributed by atoms with Crippen molar-refractivity contribution in [3.8, 4) is 0 Å². The van der Waals surface area contributed by atoms with Crippen LogP contribution in [-0.2, 0) is 0 Å². The van der Waals surface area contributed by atoms with Crippen LogP contribution in [0.5, 0.6) is 0 Å². The van der Waals surface area contributed by atoms with Gasteiger partial charge in [0.15, 0.2) is 0 Å². The summed E-state index contributed by atoms with van der Waals surface area (Å²) in [6.07, 6.45) is 1.67. The van der Waals surface area contributed by atoms with Crippen molar-refractivity contribution in [2.24, 2.45) is 10.9 Å². The topological polar surface area (TPSA) is 38.4 Å². The molecule has 0 aromatic heterocycles. The molecule has 0 fully saturated rings. The van der Waals surface area contributed by atoms with E-state index in [9.17, 15) is 0 Å². The standard InChI is InChI=1S/C9H12N2/c1-7-3-4-8(2)9(5-7)6-11-10/h3-6H,10H2,1-2H3. The average molecular weight is 148 g/mol. The molecule has 0 radical (unpaired) electrons. The average Bonchev–Trinajstić information content (AvgIpc) is 1.98. The molecular weight excluding hydrogens is 136 g/mol. The lowest BCUT2D eigenvalue weighted by Crippen LogP contribution is -1.90. The summed E-state index contributed by atoms with van der Waals surface area (Å²) in [7, 11) is 0. The van der Waals surface area contributed by atoms with Gasteiger partial charge >= 0.3 is 0 Å². The smallest absolute Gasteiger partial charge is 0.0540 e. The molecule has 0 aliphatic rings. The van der Waals surface area contributed by atoms with Gasteiger partial charge in [-0.15, -0.1) is 0 Å². The van der Waals surface area contributed by atoms with Gasteiger partial charge in [0.1, 0.15) is 0 Å². The summed E-state index contributed by atoms with van der Waals surface area (Å²) < 4.78 is 0. The van der Waals surface area contributed by atoms with E-state index in [4.69, 9.17) is 5.84 Å². The number of aryl methyl sites for hydroxylation is 2. The molecule has 0 unspecified atom stereocenters. The Morgan fingerprint density at radius 2 is 2.09 bits per heavy atom. The summed E-state index contributed by atoms with van der Waals surface area (Å²) in [5.74, 6) is 5.05. The molecule has 1 aromatic carbocycles. The van der Waals surface area contributed by atoms with E-state index >= 15 is 0 Å². The zero-order valence-electron chi connectivity index (χ0n) is 6.83. The zero-order valence-corrected chi connectivity index (χ0v) is 6.83. The Balaban J connectivity index is 3.12. The third-order valence-corrected chi connectivity index (χ3v) is 1.65. The number of hydrazone groups is 1. The van der Waals surface area contributed by atoms with Crippen LogP contribution in [0.1, 0.15) is 16.7 Å². The lowest BCUT2D eigenvalue weighted by atomic mass is 10.1. The quantitative estimate of drug-likeness (QED) is 0.366. The van der Waals surface area contributed by atoms with E-state index in [0.717, 1.165) is 5.56 Å². The molecule has 0 bridgehead atoms. The molecule has 2 heteroatoms. The highest BCUT2D eigenvalue weighted by molar-refractivity contribution is 5.81. The lowest BCUT2D eigenvalue weighted by molar-refractivity contribution is 1.26. The first-order valence-electron chi connectivity index (χ1n) is 3.54. The van der Waals surface area contributed by atoms with Gasteiger partial charge in [0.25, 0.3) is 0 Å². The molecule has 0 spiro atoms. The maximum atomic E-state index is 5.05. The Labute approximate surface area is 66.7 Å². The molecular formula is C9H12N2. The molecule has 0 saturated heterocycles. The summed E-state index contributed by atoms with van der Waals surface area (Å²) >= 11 is 0. The largest absolute Gasteiger partial charge is 0.323 e. The van der Waals surface area contributed by atoms with E-state index in [1.807, 2.05) is 13.8 Å². The fourth-order valence-electron chi connectivity index (χ4n) is 0.979. The van der Waals surface area contributed by atoms with Gasteiger partial charge in [0, 0.05) is 0 Å². The van der Waals surface area contributed by atoms with Gasteiger partial charge in [0.05, 0.1) is 6.21 Å². The highest BCUT2D eigenvalue weighted by Gasteiger charge is 1.93. The molecule has 2 N–H and O–H groups in total. The van der Waals surface area contributed by atoms with Gasteiger partial charge in [-0.3, -0.25) is 0 Å². The molecule has 1 aromatic rings. The highest BCUT2D eigenvalue weighted by atomic mass is 15.1. The SMILES string of the molecule is Cc1ccc(C)c(C=NN)c1. The number of hydrogen-bond acceptors (Lipinski definition) is 2. The minimum absolute atomic E-state index is 1.09. The maximum Gasteiger partial charge on any atom is 0.0540 e. The van der Waals surface area contributed by atoms with Crippen LogP contribution in [0.3, 0.4) is 0 Å². The van der Waals surface area contributed by atoms with Crippen molar-refractivity contribution >= 4 is 6.21 Å². The van der Waals surface area contributed by atoms with Crippen molar-refractivity contribution in [1.29, 1.82) is 0 Å². The lowest BCUT2D eigenvalue weighted by Gasteiger charge is -1.99. The van der Waals surface area contributed by atoms with Crippen LogP contribution >= 0.6 is 0 Å². The van der Waals surface area contributed by atoms with Gasteiger partial charge in [-0.1, -0.05) is 23.8 Å². The van der Waals surface area contributed by atoms with E-state index in [0.29, 0.717) is 0 Å². The monoisotopic (exact) mass is 148 g/mol. The van der Waals surface area contributed by atoms with Gasteiger partial charge in [-0.2, -0.15) is 5.10 Å². The van der Waals surface area contributed by atoms with Crippen molar-refractivity contribution < 1.29 is 0 Å². The third kappa shape index (κ3) is 1.80. The third-order valence-electron chi connectivity index (χ3n) is 1.65. The second-order valence-corrected chi connectivity index (χ2v) is 2.64. The maximum absolute atomic E-state index is 5.05. The van der Waals surface area contributed by atoms with Crippen LogP contribution in [0.15, 0.2) is 23.3 Å². The first kappa shape index (κ1) is 7.79. The van der Waals surface area contributed by atoms with Crippen LogP contribution in [0, 0.1) is 13.8 Å². The molecule has 0 aliphatic carbocycles. The Morgan fingerprint density at radius 3 is 2.73 bits per heavy atom. The summed E-state index contributed by atoms with van der Waals surface area (Å²) in [5, 5.41) is 3.48. The van der Waals surface area contributed by atoms with Gasteiger partial charge in [-0.25, -0.2) is 0 Å². The molecule has 1 rings (SSSR count). The molecule has 2 nitrogen and oxygen atoms in total. The Kier molecular flexibility index (Phi) is 2.26. The molecule has 58 valence electrons. The Morgan fingerprint density at radius 1 is 1.36 bits per heavy atom. The molecule has 0 atom stereocenters. The number of nitrogens with zero attached hydrogens (tertiary/aromatic N) is 1. The first-order chi connectivity index (χ1) is 5.24. The summed E-state index contributed by atoms with van der Waals surface area (Å²) in [6, 6.07) is 6.20. The summed E-state index contributed by atoms with van der Waals surface area (Å²) in [4.78, 5) is 0. The minimum atomic E-state index is 1.09. The van der Waals surface area contributed by atoms with Crippen molar-refractivity contribution in [2.45, 2.75) is 13.8 Å². The van der Waals surface area contributed by atoms with Gasteiger partial charge in [0.2, 0.25) is 0 Å². The van der Waals surface area contributed by atoms with Crippen LogP contribution < -0.4 is 5.84 Å². The number of benzene rings is 1. The highest BCUT2D eigenvalue weighted by Crippen LogP contribution is 2.07. The van der Waals surface area contributed by atoms with Crippen LogP contribution in [-0.4, -0.2) is 6.21 Å². The normalized spacial score (nSPS) is 10.7. The van der Waals surface area contributed by atoms with Crippen LogP contribution in [0.4, 0.5) is 0 Å². The molecule has 11 heavy (non-hydrogen) atoms. The predicted octanol–water partition coefficient (Wildman–Crippen LogP) is 1.60. The fraction of sp³-hybridized carbons (Fsp3) is 0.222. The molecule has 0 heterocycles. The van der Waals surface area contributed by atoms with Gasteiger partial charge in [-0.05, 0) is 25.0 Å². The summed E-state index contributed by atoms with van der Waals surface area (Å²) in [5.41, 5.74) is 3.52. The van der Waals surface area contributed by atoms with Crippen LogP contribution in [0.2, 0.25) is 0 Å². The molecule has 0 saturated carbocycles. The predicted molar refractivity (Wildman–Crippen MR) is 47.7 cm³/mol. The first-order valence-corrected chi connectivity index (χ1v) is 3.54. The van der Waals surface area contributed by atoms with E-state index in [1.54, 1.807) is 6.21 Å². The second-order valence-electron chi connectivity index (χ2n) is 2.64. The van der Waals surface area contributed by atoms with Crippen molar-refractivity contribution in [3.63, 3.8) is 0 Å². The van der Waals surface area contributed by atoms with E-state index < -0.39 is 0 Å². The van der Waals surface area contributed by atoms with Crippen molar-refractivity contribution in [1.82, 2.24) is 0 Å². The van der Waals surface area contributed by atoms with Crippen molar-refractivity contribution in [2.75, 3.05) is 0 Å². The van der Waals surface area contributed by atoms with E-state index in [1.165, 1.54) is 11.1 Å². The minimum Gasteiger partial charge on any atom is -0.323 e. The number of rotatable bonds is 1. The number of hydrogen-bond donors (Lipinski definition) is 1. The van der Waals surface area contributed by atoms with Crippen molar-refractivity contribution in [3.05, 3.63) is 34.9 Å². The van der Waals surface area contributed by atoms with Crippen LogP contribution in [0.25, 0.3) is 0 Å². The zero-order chi connectivity index (χ0) is 8.27. The molecule has 0 amide bonds. The number of nitrogens with two attached hydrogens (primary N) is 1. The Hall–Kier alpha value is -1.31. The van der Waals surface area contributed by atoms with E-state index in [-0.39, 0.29) is 0 Å². The van der Waals surface area contributed by atoms with Gasteiger partial charge < -0.3 is 5.84 Å². The fourth-order valence-corrected chi connectivity index (χ4v) is 0.979. The summed E-state index contributed by atoms with van der Waals surface area (Å²) in [6.45, 7) is 4.09. The second kappa shape index (κ2) is 3.19. The molecule has 0 aliphatic heterocycles.